The van der Waals surface area contributed by atoms with Crippen molar-refractivity contribution in [2.75, 3.05) is 24.5 Å². The van der Waals surface area contributed by atoms with Gasteiger partial charge in [-0.2, -0.15) is 5.26 Å². The fourth-order valence-electron chi connectivity index (χ4n) is 3.43. The van der Waals surface area contributed by atoms with Crippen LogP contribution in [0.5, 0.6) is 0 Å². The summed E-state index contributed by atoms with van der Waals surface area (Å²) in [7, 11) is 0. The van der Waals surface area contributed by atoms with Gasteiger partial charge in [0.25, 0.3) is 0 Å². The molecule has 0 atom stereocenters. The fraction of sp³-hybridized carbons (Fsp3) is 0.500. The SMILES string of the molecule is N#Cc1cccc(N2CCCC3(CCNCC3)C2=O)c1. The van der Waals surface area contributed by atoms with Gasteiger partial charge in [0.1, 0.15) is 0 Å². The number of nitrogens with zero attached hydrogens (tertiary/aromatic N) is 2. The Morgan fingerprint density at radius 3 is 2.80 bits per heavy atom. The molecule has 2 heterocycles. The monoisotopic (exact) mass is 269 g/mol. The minimum absolute atomic E-state index is 0.174. The molecule has 1 aromatic rings. The number of anilines is 1. The first-order valence-corrected chi connectivity index (χ1v) is 7.28. The number of benzene rings is 1. The van der Waals surface area contributed by atoms with E-state index in [4.69, 9.17) is 5.26 Å². The molecule has 3 rings (SSSR count). The summed E-state index contributed by atoms with van der Waals surface area (Å²) in [5, 5.41) is 12.3. The third-order valence-electron chi connectivity index (χ3n) is 4.58. The van der Waals surface area contributed by atoms with E-state index >= 15 is 0 Å². The first-order valence-electron chi connectivity index (χ1n) is 7.28. The lowest BCUT2D eigenvalue weighted by atomic mass is 9.72. The van der Waals surface area contributed by atoms with Crippen molar-refractivity contribution in [2.45, 2.75) is 25.7 Å². The second-order valence-corrected chi connectivity index (χ2v) is 5.75. The van der Waals surface area contributed by atoms with E-state index in [9.17, 15) is 4.79 Å². The van der Waals surface area contributed by atoms with Crippen LogP contribution in [0.1, 0.15) is 31.2 Å². The Morgan fingerprint density at radius 1 is 1.25 bits per heavy atom. The highest BCUT2D eigenvalue weighted by Crippen LogP contribution is 2.40. The van der Waals surface area contributed by atoms with Crippen molar-refractivity contribution in [3.63, 3.8) is 0 Å². The summed E-state index contributed by atoms with van der Waals surface area (Å²) >= 11 is 0. The molecule has 0 saturated carbocycles. The second-order valence-electron chi connectivity index (χ2n) is 5.75. The highest BCUT2D eigenvalue weighted by atomic mass is 16.2. The van der Waals surface area contributed by atoms with Gasteiger partial charge in [0.2, 0.25) is 5.91 Å². The first-order chi connectivity index (χ1) is 9.75. The van der Waals surface area contributed by atoms with E-state index in [1.54, 1.807) is 6.07 Å². The Kier molecular flexibility index (Phi) is 3.45. The zero-order valence-corrected chi connectivity index (χ0v) is 11.6. The Labute approximate surface area is 119 Å². The lowest BCUT2D eigenvalue weighted by Gasteiger charge is -2.44. The average molecular weight is 269 g/mol. The van der Waals surface area contributed by atoms with Gasteiger partial charge in [-0.3, -0.25) is 4.79 Å². The summed E-state index contributed by atoms with van der Waals surface area (Å²) in [4.78, 5) is 14.8. The highest BCUT2D eigenvalue weighted by Gasteiger charge is 2.44. The van der Waals surface area contributed by atoms with E-state index in [1.165, 1.54) is 0 Å². The zero-order chi connectivity index (χ0) is 14.0. The molecule has 0 aromatic heterocycles. The topological polar surface area (TPSA) is 56.1 Å². The molecule has 1 aromatic carbocycles. The molecular weight excluding hydrogens is 250 g/mol. The summed E-state index contributed by atoms with van der Waals surface area (Å²) in [6, 6.07) is 9.52. The average Bonchev–Trinajstić information content (AvgIpc) is 2.51. The van der Waals surface area contributed by atoms with Crippen molar-refractivity contribution in [1.82, 2.24) is 5.32 Å². The predicted octanol–water partition coefficient (Wildman–Crippen LogP) is 2.05. The molecule has 4 heteroatoms. The molecule has 104 valence electrons. The first kappa shape index (κ1) is 13.1. The fourth-order valence-corrected chi connectivity index (χ4v) is 3.43. The van der Waals surface area contributed by atoms with E-state index in [0.29, 0.717) is 5.56 Å². The standard InChI is InChI=1S/C16H19N3O/c17-12-13-3-1-4-14(11-13)19-10-2-5-16(15(19)20)6-8-18-9-7-16/h1,3-4,11,18H,2,5-10H2. The number of hydrogen-bond acceptors (Lipinski definition) is 3. The molecular formula is C16H19N3O. The van der Waals surface area contributed by atoms with Crippen LogP contribution in [0.25, 0.3) is 0 Å². The van der Waals surface area contributed by atoms with E-state index in [1.807, 2.05) is 23.1 Å². The highest BCUT2D eigenvalue weighted by molar-refractivity contribution is 5.98. The Bertz CT molecular complexity index is 550. The van der Waals surface area contributed by atoms with Crippen molar-refractivity contribution < 1.29 is 4.79 Å². The van der Waals surface area contributed by atoms with Gasteiger partial charge in [-0.1, -0.05) is 6.07 Å². The van der Waals surface area contributed by atoms with Crippen LogP contribution in [-0.4, -0.2) is 25.5 Å². The van der Waals surface area contributed by atoms with Gasteiger partial charge in [0, 0.05) is 12.2 Å². The smallest absolute Gasteiger partial charge is 0.233 e. The molecule has 0 radical (unpaired) electrons. The summed E-state index contributed by atoms with van der Waals surface area (Å²) in [6.07, 6.45) is 3.91. The third-order valence-corrected chi connectivity index (χ3v) is 4.58. The molecule has 0 unspecified atom stereocenters. The Hall–Kier alpha value is -1.86. The largest absolute Gasteiger partial charge is 0.317 e. The Balaban J connectivity index is 1.89. The van der Waals surface area contributed by atoms with Gasteiger partial charge in [-0.25, -0.2) is 0 Å². The number of carbonyl (C=O) groups excluding carboxylic acids is 1. The van der Waals surface area contributed by atoms with Crippen LogP contribution >= 0.6 is 0 Å². The molecule has 2 aliphatic rings. The molecule has 1 spiro atoms. The molecule has 4 nitrogen and oxygen atoms in total. The third kappa shape index (κ3) is 2.19. The Morgan fingerprint density at radius 2 is 2.05 bits per heavy atom. The van der Waals surface area contributed by atoms with Crippen LogP contribution in [0, 0.1) is 16.7 Å². The minimum atomic E-state index is -0.174. The van der Waals surface area contributed by atoms with Crippen LogP contribution in [-0.2, 0) is 4.79 Å². The number of nitriles is 1. The number of carbonyl (C=O) groups is 1. The van der Waals surface area contributed by atoms with E-state index in [-0.39, 0.29) is 11.3 Å². The molecule has 20 heavy (non-hydrogen) atoms. The summed E-state index contributed by atoms with van der Waals surface area (Å²) in [5.74, 6) is 0.250. The quantitative estimate of drug-likeness (QED) is 0.849. The zero-order valence-electron chi connectivity index (χ0n) is 11.6. The number of nitrogens with one attached hydrogen (secondary N) is 1. The lowest BCUT2D eigenvalue weighted by molar-refractivity contribution is -0.132. The maximum atomic E-state index is 12.9. The van der Waals surface area contributed by atoms with E-state index in [0.717, 1.165) is 51.0 Å². The van der Waals surface area contributed by atoms with Gasteiger partial charge in [0.05, 0.1) is 17.0 Å². The van der Waals surface area contributed by atoms with Crippen LogP contribution in [0.3, 0.4) is 0 Å². The molecule has 2 saturated heterocycles. The molecule has 0 aliphatic carbocycles. The molecule has 1 N–H and O–H groups in total. The molecule has 0 bridgehead atoms. The van der Waals surface area contributed by atoms with Gasteiger partial charge >= 0.3 is 0 Å². The van der Waals surface area contributed by atoms with Crippen LogP contribution in [0.2, 0.25) is 0 Å². The van der Waals surface area contributed by atoms with Crippen molar-refractivity contribution in [3.8, 4) is 6.07 Å². The van der Waals surface area contributed by atoms with Crippen molar-refractivity contribution in [2.24, 2.45) is 5.41 Å². The summed E-state index contributed by atoms with van der Waals surface area (Å²) < 4.78 is 0. The van der Waals surface area contributed by atoms with Crippen LogP contribution in [0.15, 0.2) is 24.3 Å². The normalized spacial score (nSPS) is 21.8. The van der Waals surface area contributed by atoms with Gasteiger partial charge in [-0.15, -0.1) is 0 Å². The van der Waals surface area contributed by atoms with E-state index < -0.39 is 0 Å². The van der Waals surface area contributed by atoms with Crippen molar-refractivity contribution in [1.29, 1.82) is 5.26 Å². The maximum absolute atomic E-state index is 12.9. The van der Waals surface area contributed by atoms with Crippen LogP contribution in [0.4, 0.5) is 5.69 Å². The van der Waals surface area contributed by atoms with Gasteiger partial charge in [0.15, 0.2) is 0 Å². The predicted molar refractivity (Wildman–Crippen MR) is 77.3 cm³/mol. The van der Waals surface area contributed by atoms with Crippen molar-refractivity contribution >= 4 is 11.6 Å². The van der Waals surface area contributed by atoms with Gasteiger partial charge < -0.3 is 10.2 Å². The van der Waals surface area contributed by atoms with E-state index in [2.05, 4.69) is 11.4 Å². The number of hydrogen-bond donors (Lipinski definition) is 1. The van der Waals surface area contributed by atoms with Gasteiger partial charge in [-0.05, 0) is 57.0 Å². The number of amides is 1. The number of rotatable bonds is 1. The lowest BCUT2D eigenvalue weighted by Crippen LogP contribution is -2.53. The maximum Gasteiger partial charge on any atom is 0.233 e. The van der Waals surface area contributed by atoms with Crippen LogP contribution < -0.4 is 10.2 Å². The number of piperidine rings is 2. The molecule has 2 fully saturated rings. The summed E-state index contributed by atoms with van der Waals surface area (Å²) in [6.45, 7) is 2.62. The van der Waals surface area contributed by atoms with Crippen molar-refractivity contribution in [3.05, 3.63) is 29.8 Å². The second kappa shape index (κ2) is 5.26. The minimum Gasteiger partial charge on any atom is -0.317 e. The summed E-state index contributed by atoms with van der Waals surface area (Å²) in [5.41, 5.74) is 1.30. The molecule has 1 amide bonds. The molecule has 2 aliphatic heterocycles.